The quantitative estimate of drug-likeness (QED) is 0.737. The van der Waals surface area contributed by atoms with Crippen molar-refractivity contribution < 1.29 is 14.7 Å². The van der Waals surface area contributed by atoms with Crippen LogP contribution in [0.3, 0.4) is 0 Å². The summed E-state index contributed by atoms with van der Waals surface area (Å²) in [5, 5.41) is 11.5. The number of amides is 2. The number of nitrogens with zero attached hydrogens (tertiary/aromatic N) is 2. The van der Waals surface area contributed by atoms with Gasteiger partial charge in [-0.25, -0.2) is 0 Å². The lowest BCUT2D eigenvalue weighted by Crippen LogP contribution is -2.57. The third-order valence-electron chi connectivity index (χ3n) is 3.33. The number of aliphatic hydroxyl groups is 1. The number of rotatable bonds is 2. The summed E-state index contributed by atoms with van der Waals surface area (Å²) in [6, 6.07) is 1.13. The van der Waals surface area contributed by atoms with Gasteiger partial charge in [-0.2, -0.15) is 0 Å². The topological polar surface area (TPSA) is 82.5 Å². The zero-order valence-corrected chi connectivity index (χ0v) is 11.8. The van der Waals surface area contributed by atoms with Gasteiger partial charge in [0, 0.05) is 25.5 Å². The maximum Gasteiger partial charge on any atom is 0.255 e. The highest BCUT2D eigenvalue weighted by atomic mass is 16.2. The second-order valence-corrected chi connectivity index (χ2v) is 4.59. The molecule has 0 aromatic carbocycles. The van der Waals surface area contributed by atoms with E-state index < -0.39 is 6.04 Å². The minimum atomic E-state index is -0.460. The average molecular weight is 287 g/mol. The van der Waals surface area contributed by atoms with Crippen LogP contribution in [0.1, 0.15) is 29.3 Å². The van der Waals surface area contributed by atoms with E-state index in [-0.39, 0.29) is 18.4 Å². The molecule has 1 aromatic rings. The molecule has 21 heavy (non-hydrogen) atoms. The summed E-state index contributed by atoms with van der Waals surface area (Å²) in [7, 11) is 0. The molecule has 0 saturated carbocycles. The molecular formula is C15H17N3O3. The summed E-state index contributed by atoms with van der Waals surface area (Å²) in [6.07, 6.45) is 3.56. The Morgan fingerprint density at radius 2 is 2.43 bits per heavy atom. The smallest absolute Gasteiger partial charge is 0.255 e. The molecule has 2 amide bonds. The second kappa shape index (κ2) is 6.86. The van der Waals surface area contributed by atoms with Crippen LogP contribution in [0.5, 0.6) is 0 Å². The number of hydrogen-bond donors (Lipinski definition) is 2. The first-order valence-electron chi connectivity index (χ1n) is 6.81. The molecule has 0 bridgehead atoms. The maximum atomic E-state index is 12.7. The first-order valence-corrected chi connectivity index (χ1v) is 6.81. The van der Waals surface area contributed by atoms with Crippen molar-refractivity contribution in [2.24, 2.45) is 0 Å². The zero-order valence-electron chi connectivity index (χ0n) is 11.8. The van der Waals surface area contributed by atoms with Crippen molar-refractivity contribution in [3.63, 3.8) is 0 Å². The minimum absolute atomic E-state index is 0.130. The highest BCUT2D eigenvalue weighted by molar-refractivity contribution is 5.99. The fourth-order valence-electron chi connectivity index (χ4n) is 2.33. The van der Waals surface area contributed by atoms with E-state index in [0.717, 1.165) is 0 Å². The van der Waals surface area contributed by atoms with Gasteiger partial charge in [0.2, 0.25) is 5.91 Å². The average Bonchev–Trinajstić information content (AvgIpc) is 2.52. The van der Waals surface area contributed by atoms with Gasteiger partial charge >= 0.3 is 0 Å². The summed E-state index contributed by atoms with van der Waals surface area (Å²) in [5.74, 6) is 4.86. The van der Waals surface area contributed by atoms with E-state index in [9.17, 15) is 9.59 Å². The Bertz CT molecular complexity index is 604. The van der Waals surface area contributed by atoms with Crippen molar-refractivity contribution in [2.75, 3.05) is 19.7 Å². The summed E-state index contributed by atoms with van der Waals surface area (Å²) in [4.78, 5) is 30.1. The van der Waals surface area contributed by atoms with E-state index in [0.29, 0.717) is 30.6 Å². The van der Waals surface area contributed by atoms with Gasteiger partial charge < -0.3 is 15.3 Å². The van der Waals surface area contributed by atoms with E-state index in [1.165, 1.54) is 12.4 Å². The normalized spacial score (nSPS) is 17.7. The molecule has 6 nitrogen and oxygen atoms in total. The third kappa shape index (κ3) is 3.20. The molecule has 1 aliphatic heterocycles. The monoisotopic (exact) mass is 287 g/mol. The van der Waals surface area contributed by atoms with Crippen molar-refractivity contribution in [2.45, 2.75) is 19.4 Å². The molecule has 1 atom stereocenters. The van der Waals surface area contributed by atoms with Crippen molar-refractivity contribution in [3.05, 3.63) is 29.6 Å². The molecule has 1 aliphatic rings. The van der Waals surface area contributed by atoms with Crippen molar-refractivity contribution in [1.29, 1.82) is 0 Å². The Morgan fingerprint density at radius 1 is 1.62 bits per heavy atom. The van der Waals surface area contributed by atoms with Crippen molar-refractivity contribution in [3.8, 4) is 11.8 Å². The van der Waals surface area contributed by atoms with Crippen LogP contribution in [0, 0.1) is 11.8 Å². The number of piperazine rings is 1. The van der Waals surface area contributed by atoms with Crippen LogP contribution >= 0.6 is 0 Å². The maximum absolute atomic E-state index is 12.7. The number of carbonyl (C=O) groups excluding carboxylic acids is 2. The first-order chi connectivity index (χ1) is 10.2. The molecule has 0 radical (unpaired) electrons. The molecule has 0 aliphatic carbocycles. The molecular weight excluding hydrogens is 270 g/mol. The van der Waals surface area contributed by atoms with Crippen LogP contribution in [0.15, 0.2) is 18.5 Å². The van der Waals surface area contributed by atoms with Crippen LogP contribution in [0.25, 0.3) is 0 Å². The summed E-state index contributed by atoms with van der Waals surface area (Å²) >= 11 is 0. The van der Waals surface area contributed by atoms with Gasteiger partial charge in [0.1, 0.15) is 12.6 Å². The van der Waals surface area contributed by atoms with E-state index in [1.54, 1.807) is 11.0 Å². The number of pyridine rings is 1. The van der Waals surface area contributed by atoms with Gasteiger partial charge in [-0.1, -0.05) is 18.8 Å². The lowest BCUT2D eigenvalue weighted by molar-refractivity contribution is -0.127. The molecule has 1 unspecified atom stereocenters. The van der Waals surface area contributed by atoms with Gasteiger partial charge in [0.25, 0.3) is 5.91 Å². The molecule has 2 rings (SSSR count). The van der Waals surface area contributed by atoms with Gasteiger partial charge in [-0.15, -0.1) is 0 Å². The van der Waals surface area contributed by atoms with Gasteiger partial charge in [-0.05, 0) is 12.5 Å². The van der Waals surface area contributed by atoms with Gasteiger partial charge in [-0.3, -0.25) is 14.6 Å². The van der Waals surface area contributed by atoms with Crippen LogP contribution in [-0.2, 0) is 4.79 Å². The van der Waals surface area contributed by atoms with Crippen LogP contribution in [-0.4, -0.2) is 52.5 Å². The summed E-state index contributed by atoms with van der Waals surface area (Å²) in [5.41, 5.74) is 0.858. The second-order valence-electron chi connectivity index (χ2n) is 4.59. The number of carbonyl (C=O) groups is 2. The lowest BCUT2D eigenvalue weighted by Gasteiger charge is -2.34. The Morgan fingerprint density at radius 3 is 3.14 bits per heavy atom. The SMILES string of the molecule is CCC1C(=O)NCCN1C(=O)c1ccncc1C#CCO. The van der Waals surface area contributed by atoms with E-state index in [4.69, 9.17) is 5.11 Å². The first kappa shape index (κ1) is 15.0. The number of hydrogen-bond acceptors (Lipinski definition) is 4. The molecule has 1 aromatic heterocycles. The lowest BCUT2D eigenvalue weighted by atomic mass is 10.1. The molecule has 0 spiro atoms. The summed E-state index contributed by atoms with van der Waals surface area (Å²) < 4.78 is 0. The van der Waals surface area contributed by atoms with Crippen LogP contribution < -0.4 is 5.32 Å². The number of nitrogens with one attached hydrogen (secondary N) is 1. The zero-order chi connectivity index (χ0) is 15.2. The Balaban J connectivity index is 2.33. The number of aromatic nitrogens is 1. The summed E-state index contributed by atoms with van der Waals surface area (Å²) in [6.45, 7) is 2.50. The Hall–Kier alpha value is -2.39. The van der Waals surface area contributed by atoms with E-state index >= 15 is 0 Å². The number of aliphatic hydroxyl groups excluding tert-OH is 1. The predicted octanol–water partition coefficient (Wildman–Crippen LogP) is -0.224. The van der Waals surface area contributed by atoms with Crippen molar-refractivity contribution >= 4 is 11.8 Å². The third-order valence-corrected chi connectivity index (χ3v) is 3.33. The molecule has 2 heterocycles. The largest absolute Gasteiger partial charge is 0.384 e. The fraction of sp³-hybridized carbons (Fsp3) is 0.400. The minimum Gasteiger partial charge on any atom is -0.384 e. The molecule has 1 fully saturated rings. The Labute approximate surface area is 123 Å². The molecule has 2 N–H and O–H groups in total. The Kier molecular flexibility index (Phi) is 4.90. The highest BCUT2D eigenvalue weighted by Crippen LogP contribution is 2.15. The van der Waals surface area contributed by atoms with E-state index in [1.807, 2.05) is 6.92 Å². The molecule has 110 valence electrons. The fourth-order valence-corrected chi connectivity index (χ4v) is 2.33. The van der Waals surface area contributed by atoms with Crippen LogP contribution in [0.4, 0.5) is 0 Å². The van der Waals surface area contributed by atoms with Gasteiger partial charge in [0.05, 0.1) is 11.1 Å². The molecule has 6 heteroatoms. The highest BCUT2D eigenvalue weighted by Gasteiger charge is 2.32. The van der Waals surface area contributed by atoms with Crippen LogP contribution in [0.2, 0.25) is 0 Å². The van der Waals surface area contributed by atoms with Gasteiger partial charge in [0.15, 0.2) is 0 Å². The molecule has 1 saturated heterocycles. The van der Waals surface area contributed by atoms with E-state index in [2.05, 4.69) is 22.1 Å². The van der Waals surface area contributed by atoms with Crippen molar-refractivity contribution in [1.82, 2.24) is 15.2 Å². The predicted molar refractivity (Wildman–Crippen MR) is 76.3 cm³/mol. The standard InChI is InChI=1S/C15H17N3O3/c1-2-13-14(20)17-7-8-18(13)15(21)12-5-6-16-10-11(12)4-3-9-19/h5-6,10,13,19H,2,7-9H2,1H3,(H,17,20).